The molecular formula is C12H14N4O2. The summed E-state index contributed by atoms with van der Waals surface area (Å²) >= 11 is 0. The van der Waals surface area contributed by atoms with Crippen molar-refractivity contribution >= 4 is 17.3 Å². The van der Waals surface area contributed by atoms with E-state index in [4.69, 9.17) is 5.73 Å². The molecule has 0 aliphatic carbocycles. The van der Waals surface area contributed by atoms with Gasteiger partial charge in [-0.1, -0.05) is 6.07 Å². The highest BCUT2D eigenvalue weighted by atomic mass is 16.4. The predicted octanol–water partition coefficient (Wildman–Crippen LogP) is 0.692. The summed E-state index contributed by atoms with van der Waals surface area (Å²) in [6, 6.07) is 5.24. The number of hydrogen-bond acceptors (Lipinski definition) is 4. The Hall–Kier alpha value is -2.08. The van der Waals surface area contributed by atoms with Crippen molar-refractivity contribution in [2.75, 3.05) is 18.8 Å². The first-order valence-electron chi connectivity index (χ1n) is 5.89. The fourth-order valence-electron chi connectivity index (χ4n) is 2.49. The van der Waals surface area contributed by atoms with Crippen LogP contribution in [0.3, 0.4) is 0 Å². The van der Waals surface area contributed by atoms with Gasteiger partial charge >= 0.3 is 5.97 Å². The van der Waals surface area contributed by atoms with Crippen LogP contribution in [0.1, 0.15) is 28.7 Å². The molecule has 0 bridgehead atoms. The van der Waals surface area contributed by atoms with E-state index in [-0.39, 0.29) is 11.6 Å². The van der Waals surface area contributed by atoms with Crippen LogP contribution < -0.4 is 11.1 Å². The number of imidazole rings is 1. The highest BCUT2D eigenvalue weighted by Gasteiger charge is 2.25. The molecule has 0 amide bonds. The van der Waals surface area contributed by atoms with Gasteiger partial charge < -0.3 is 16.2 Å². The minimum atomic E-state index is -1.02. The number of nitrogen functional groups attached to an aromatic ring is 1. The number of carbonyl (C=O) groups is 1. The van der Waals surface area contributed by atoms with Gasteiger partial charge in [-0.3, -0.25) is 4.40 Å². The lowest BCUT2D eigenvalue weighted by atomic mass is 10.1. The maximum Gasteiger partial charge on any atom is 0.356 e. The highest BCUT2D eigenvalue weighted by Crippen LogP contribution is 2.26. The molecule has 1 aliphatic heterocycles. The number of nitrogens with two attached hydrogens (primary N) is 1. The summed E-state index contributed by atoms with van der Waals surface area (Å²) < 4.78 is 1.75. The Bertz CT molecular complexity index is 614. The first kappa shape index (κ1) is 11.0. The van der Waals surface area contributed by atoms with E-state index in [1.807, 2.05) is 0 Å². The number of anilines is 1. The average Bonchev–Trinajstić information content (AvgIpc) is 2.95. The molecule has 2 aromatic heterocycles. The van der Waals surface area contributed by atoms with Crippen LogP contribution in [0, 0.1) is 0 Å². The molecule has 1 fully saturated rings. The van der Waals surface area contributed by atoms with Gasteiger partial charge in [0, 0.05) is 12.5 Å². The Labute approximate surface area is 103 Å². The lowest BCUT2D eigenvalue weighted by Crippen LogP contribution is -2.11. The van der Waals surface area contributed by atoms with E-state index in [9.17, 15) is 9.90 Å². The molecule has 1 aliphatic rings. The van der Waals surface area contributed by atoms with Crippen LogP contribution in [0.5, 0.6) is 0 Å². The van der Waals surface area contributed by atoms with Crippen LogP contribution in [-0.4, -0.2) is 33.6 Å². The summed E-state index contributed by atoms with van der Waals surface area (Å²) in [7, 11) is 0. The molecule has 0 saturated carbocycles. The summed E-state index contributed by atoms with van der Waals surface area (Å²) in [5.74, 6) is 0.463. The van der Waals surface area contributed by atoms with Gasteiger partial charge in [0.05, 0.1) is 5.52 Å². The number of aromatic nitrogens is 2. The molecule has 1 saturated heterocycles. The van der Waals surface area contributed by atoms with E-state index < -0.39 is 5.97 Å². The van der Waals surface area contributed by atoms with E-state index >= 15 is 0 Å². The van der Waals surface area contributed by atoms with Gasteiger partial charge in [0.1, 0.15) is 11.6 Å². The Morgan fingerprint density at radius 1 is 1.56 bits per heavy atom. The van der Waals surface area contributed by atoms with Crippen molar-refractivity contribution in [3.05, 3.63) is 29.7 Å². The Balaban J connectivity index is 2.27. The highest BCUT2D eigenvalue weighted by molar-refractivity contribution is 5.94. The number of carboxylic acid groups (broad SMARTS) is 1. The van der Waals surface area contributed by atoms with E-state index in [1.54, 1.807) is 22.6 Å². The maximum atomic E-state index is 11.2. The number of nitrogens with one attached hydrogen (secondary N) is 1. The minimum absolute atomic E-state index is 0.0733. The van der Waals surface area contributed by atoms with Crippen LogP contribution in [0.4, 0.5) is 5.82 Å². The molecule has 0 radical (unpaired) electrons. The fraction of sp³-hybridized carbons (Fsp3) is 0.333. The van der Waals surface area contributed by atoms with Crippen molar-refractivity contribution in [1.29, 1.82) is 0 Å². The largest absolute Gasteiger partial charge is 0.476 e. The second-order valence-corrected chi connectivity index (χ2v) is 4.48. The zero-order valence-electron chi connectivity index (χ0n) is 9.76. The molecule has 6 heteroatoms. The number of hydrogen-bond donors (Lipinski definition) is 3. The zero-order valence-corrected chi connectivity index (χ0v) is 9.76. The van der Waals surface area contributed by atoms with Gasteiger partial charge in [-0.15, -0.1) is 0 Å². The van der Waals surface area contributed by atoms with Crippen LogP contribution in [0.25, 0.3) is 5.52 Å². The normalized spacial score (nSPS) is 19.4. The standard InChI is InChI=1S/C12H14N4O2/c13-9-3-1-2-8-10(12(17)18)15-11(16(8)9)7-4-5-14-6-7/h1-3,7,14H,4-6,13H2,(H,17,18). The molecule has 2 aromatic rings. The van der Waals surface area contributed by atoms with Crippen molar-refractivity contribution in [3.8, 4) is 0 Å². The van der Waals surface area contributed by atoms with Crippen molar-refractivity contribution in [2.24, 2.45) is 0 Å². The second kappa shape index (κ2) is 3.99. The van der Waals surface area contributed by atoms with E-state index in [0.29, 0.717) is 11.3 Å². The first-order chi connectivity index (χ1) is 8.68. The van der Waals surface area contributed by atoms with Crippen LogP contribution in [0.2, 0.25) is 0 Å². The number of aromatic carboxylic acids is 1. The summed E-state index contributed by atoms with van der Waals surface area (Å²) in [4.78, 5) is 15.5. The van der Waals surface area contributed by atoms with Crippen molar-refractivity contribution < 1.29 is 9.90 Å². The Morgan fingerprint density at radius 2 is 2.39 bits per heavy atom. The van der Waals surface area contributed by atoms with Crippen molar-refractivity contribution in [2.45, 2.75) is 12.3 Å². The molecule has 94 valence electrons. The van der Waals surface area contributed by atoms with Gasteiger partial charge in [-0.05, 0) is 25.1 Å². The molecule has 1 unspecified atom stereocenters. The van der Waals surface area contributed by atoms with Crippen LogP contribution >= 0.6 is 0 Å². The van der Waals surface area contributed by atoms with Crippen molar-refractivity contribution in [3.63, 3.8) is 0 Å². The van der Waals surface area contributed by atoms with Crippen molar-refractivity contribution in [1.82, 2.24) is 14.7 Å². The summed E-state index contributed by atoms with van der Waals surface area (Å²) in [5.41, 5.74) is 6.58. The molecule has 0 spiro atoms. The lowest BCUT2D eigenvalue weighted by Gasteiger charge is -2.09. The molecule has 18 heavy (non-hydrogen) atoms. The number of fused-ring (bicyclic) bond motifs is 1. The van der Waals surface area contributed by atoms with Gasteiger partial charge in [-0.25, -0.2) is 9.78 Å². The number of nitrogens with zero attached hydrogens (tertiary/aromatic N) is 2. The second-order valence-electron chi connectivity index (χ2n) is 4.48. The maximum absolute atomic E-state index is 11.2. The van der Waals surface area contributed by atoms with Crippen LogP contribution in [0.15, 0.2) is 18.2 Å². The van der Waals surface area contributed by atoms with Gasteiger partial charge in [-0.2, -0.15) is 0 Å². The fourth-order valence-corrected chi connectivity index (χ4v) is 2.49. The number of pyridine rings is 1. The molecule has 6 nitrogen and oxygen atoms in total. The molecule has 3 rings (SSSR count). The summed E-state index contributed by atoms with van der Waals surface area (Å²) in [6.45, 7) is 1.74. The Morgan fingerprint density at radius 3 is 3.06 bits per heavy atom. The number of carboxylic acids is 1. The summed E-state index contributed by atoms with van der Waals surface area (Å²) in [6.07, 6.45) is 0.951. The predicted molar refractivity (Wildman–Crippen MR) is 66.8 cm³/mol. The molecule has 1 atom stereocenters. The van der Waals surface area contributed by atoms with E-state index in [1.165, 1.54) is 0 Å². The van der Waals surface area contributed by atoms with Crippen LogP contribution in [-0.2, 0) is 0 Å². The molecule has 0 aromatic carbocycles. The number of rotatable bonds is 2. The SMILES string of the molecule is Nc1cccc2c(C(=O)O)nc(C3CCNC3)n12. The first-order valence-corrected chi connectivity index (χ1v) is 5.89. The van der Waals surface area contributed by atoms with E-state index in [0.717, 1.165) is 25.3 Å². The molecule has 3 heterocycles. The quantitative estimate of drug-likeness (QED) is 0.725. The smallest absolute Gasteiger partial charge is 0.356 e. The third-order valence-electron chi connectivity index (χ3n) is 3.35. The van der Waals surface area contributed by atoms with Gasteiger partial charge in [0.15, 0.2) is 5.69 Å². The molecular weight excluding hydrogens is 232 g/mol. The monoisotopic (exact) mass is 246 g/mol. The Kier molecular flexibility index (Phi) is 2.45. The zero-order chi connectivity index (χ0) is 12.7. The van der Waals surface area contributed by atoms with Gasteiger partial charge in [0.25, 0.3) is 0 Å². The topological polar surface area (TPSA) is 92.7 Å². The average molecular weight is 246 g/mol. The molecule has 4 N–H and O–H groups in total. The third-order valence-corrected chi connectivity index (χ3v) is 3.35. The lowest BCUT2D eigenvalue weighted by molar-refractivity contribution is 0.0693. The minimum Gasteiger partial charge on any atom is -0.476 e. The van der Waals surface area contributed by atoms with E-state index in [2.05, 4.69) is 10.3 Å². The third kappa shape index (κ3) is 1.53. The summed E-state index contributed by atoms with van der Waals surface area (Å²) in [5, 5.41) is 12.4. The van der Waals surface area contributed by atoms with Gasteiger partial charge in [0.2, 0.25) is 0 Å².